The molecule has 0 fully saturated rings. The molecular formula is C17H15NO2. The minimum atomic E-state index is 0.0670. The van der Waals surface area contributed by atoms with E-state index in [1.54, 1.807) is 13.2 Å². The van der Waals surface area contributed by atoms with Gasteiger partial charge in [0.15, 0.2) is 5.78 Å². The Morgan fingerprint density at radius 1 is 1.15 bits per heavy atom. The third kappa shape index (κ3) is 2.30. The first-order chi connectivity index (χ1) is 9.78. The van der Waals surface area contributed by atoms with Gasteiger partial charge >= 0.3 is 0 Å². The molecule has 0 bridgehead atoms. The minimum absolute atomic E-state index is 0.0670. The van der Waals surface area contributed by atoms with E-state index in [0.717, 1.165) is 16.5 Å². The number of fused-ring (bicyclic) bond motifs is 1. The first-order valence-electron chi connectivity index (χ1n) is 6.50. The fourth-order valence-electron chi connectivity index (χ4n) is 2.37. The van der Waals surface area contributed by atoms with Gasteiger partial charge in [-0.15, -0.1) is 0 Å². The fraction of sp³-hybridized carbons (Fsp3) is 0.118. The molecule has 0 atom stereocenters. The Hall–Kier alpha value is -2.55. The molecule has 0 saturated heterocycles. The number of benzene rings is 2. The molecule has 0 unspecified atom stereocenters. The fourth-order valence-corrected chi connectivity index (χ4v) is 2.37. The van der Waals surface area contributed by atoms with E-state index in [1.807, 2.05) is 48.7 Å². The molecule has 3 heteroatoms. The maximum atomic E-state index is 12.4. The lowest BCUT2D eigenvalue weighted by molar-refractivity contribution is 0.0990. The number of hydrogen-bond acceptors (Lipinski definition) is 2. The van der Waals surface area contributed by atoms with Crippen molar-refractivity contribution in [3.8, 4) is 5.75 Å². The lowest BCUT2D eigenvalue weighted by Gasteiger charge is -2.07. The molecule has 20 heavy (non-hydrogen) atoms. The third-order valence-corrected chi connectivity index (χ3v) is 3.39. The summed E-state index contributed by atoms with van der Waals surface area (Å²) in [6.07, 6.45) is 2.28. The summed E-state index contributed by atoms with van der Waals surface area (Å²) in [5.41, 5.74) is 2.72. The highest BCUT2D eigenvalue weighted by Gasteiger charge is 2.12. The Morgan fingerprint density at radius 2 is 2.00 bits per heavy atom. The molecular weight excluding hydrogens is 250 g/mol. The van der Waals surface area contributed by atoms with Crippen LogP contribution in [0.25, 0.3) is 10.9 Å². The Bertz CT molecular complexity index is 758. The lowest BCUT2D eigenvalue weighted by Crippen LogP contribution is -2.05. The van der Waals surface area contributed by atoms with Gasteiger partial charge in [-0.05, 0) is 41.3 Å². The van der Waals surface area contributed by atoms with Gasteiger partial charge < -0.3 is 9.72 Å². The van der Waals surface area contributed by atoms with Crippen LogP contribution in [0.15, 0.2) is 54.7 Å². The summed E-state index contributed by atoms with van der Waals surface area (Å²) in [7, 11) is 1.58. The molecule has 1 N–H and O–H groups in total. The number of ketones is 1. The molecule has 3 aromatic rings. The largest absolute Gasteiger partial charge is 0.496 e. The number of hydrogen-bond donors (Lipinski definition) is 1. The number of rotatable bonds is 4. The lowest BCUT2D eigenvalue weighted by atomic mass is 10.0. The number of ether oxygens (including phenoxy) is 1. The van der Waals surface area contributed by atoms with Gasteiger partial charge in [0.25, 0.3) is 0 Å². The third-order valence-electron chi connectivity index (χ3n) is 3.39. The molecule has 0 aliphatic rings. The van der Waals surface area contributed by atoms with Crippen LogP contribution in [-0.2, 0) is 6.42 Å². The molecule has 3 rings (SSSR count). The van der Waals surface area contributed by atoms with Crippen molar-refractivity contribution in [2.24, 2.45) is 0 Å². The maximum absolute atomic E-state index is 12.4. The molecule has 0 aliphatic heterocycles. The highest BCUT2D eigenvalue weighted by atomic mass is 16.5. The van der Waals surface area contributed by atoms with E-state index in [-0.39, 0.29) is 5.78 Å². The topological polar surface area (TPSA) is 42.1 Å². The van der Waals surface area contributed by atoms with Gasteiger partial charge in [-0.3, -0.25) is 4.79 Å². The average molecular weight is 265 g/mol. The monoisotopic (exact) mass is 265 g/mol. The predicted octanol–water partition coefficient (Wildman–Crippen LogP) is 3.60. The quantitative estimate of drug-likeness (QED) is 0.732. The standard InChI is InChI=1S/C17H15NO2/c1-20-17-5-3-2-4-14(17)16(19)11-12-6-7-15-13(10-12)8-9-18-15/h2-10,18H,11H2,1H3. The summed E-state index contributed by atoms with van der Waals surface area (Å²) in [4.78, 5) is 15.5. The van der Waals surface area contributed by atoms with E-state index in [1.165, 1.54) is 0 Å². The Balaban J connectivity index is 1.88. The normalized spacial score (nSPS) is 10.7. The number of aromatic nitrogens is 1. The van der Waals surface area contributed by atoms with E-state index in [2.05, 4.69) is 4.98 Å². The molecule has 3 nitrogen and oxygen atoms in total. The Morgan fingerprint density at radius 3 is 2.85 bits per heavy atom. The second-order valence-corrected chi connectivity index (χ2v) is 4.70. The second-order valence-electron chi connectivity index (χ2n) is 4.70. The number of Topliss-reactive ketones (excluding diaryl/α,β-unsaturated/α-hetero) is 1. The van der Waals surface area contributed by atoms with Crippen molar-refractivity contribution in [3.63, 3.8) is 0 Å². The van der Waals surface area contributed by atoms with Crippen LogP contribution >= 0.6 is 0 Å². The summed E-state index contributed by atoms with van der Waals surface area (Å²) in [6, 6.07) is 15.4. The van der Waals surface area contributed by atoms with Crippen LogP contribution in [0.3, 0.4) is 0 Å². The maximum Gasteiger partial charge on any atom is 0.170 e. The predicted molar refractivity (Wildman–Crippen MR) is 79.3 cm³/mol. The molecule has 2 aromatic carbocycles. The zero-order valence-corrected chi connectivity index (χ0v) is 11.2. The van der Waals surface area contributed by atoms with E-state index in [0.29, 0.717) is 17.7 Å². The smallest absolute Gasteiger partial charge is 0.170 e. The van der Waals surface area contributed by atoms with Crippen LogP contribution in [0.1, 0.15) is 15.9 Å². The van der Waals surface area contributed by atoms with Crippen LogP contribution < -0.4 is 4.74 Å². The van der Waals surface area contributed by atoms with Crippen molar-refractivity contribution >= 4 is 16.7 Å². The van der Waals surface area contributed by atoms with E-state index in [4.69, 9.17) is 4.74 Å². The SMILES string of the molecule is COc1ccccc1C(=O)Cc1ccc2[nH]ccc2c1. The van der Waals surface area contributed by atoms with Gasteiger partial charge in [0, 0.05) is 18.1 Å². The Kier molecular flexibility index (Phi) is 3.25. The Labute approximate surface area is 117 Å². The summed E-state index contributed by atoms with van der Waals surface area (Å²) < 4.78 is 5.24. The molecule has 0 radical (unpaired) electrons. The molecule has 0 amide bonds. The second kappa shape index (κ2) is 5.21. The molecule has 0 aliphatic carbocycles. The van der Waals surface area contributed by atoms with E-state index >= 15 is 0 Å². The number of para-hydroxylation sites is 1. The van der Waals surface area contributed by atoms with Gasteiger partial charge in [0.1, 0.15) is 5.75 Å². The summed E-state index contributed by atoms with van der Waals surface area (Å²) in [6.45, 7) is 0. The first-order valence-corrected chi connectivity index (χ1v) is 6.50. The highest BCUT2D eigenvalue weighted by molar-refractivity contribution is 6.00. The number of carbonyl (C=O) groups is 1. The summed E-state index contributed by atoms with van der Waals surface area (Å²) in [5, 5.41) is 1.12. The number of methoxy groups -OCH3 is 1. The number of nitrogens with one attached hydrogen (secondary N) is 1. The van der Waals surface area contributed by atoms with Gasteiger partial charge in [-0.2, -0.15) is 0 Å². The van der Waals surface area contributed by atoms with Crippen molar-refractivity contribution in [1.82, 2.24) is 4.98 Å². The average Bonchev–Trinajstić information content (AvgIpc) is 2.94. The summed E-state index contributed by atoms with van der Waals surface area (Å²) >= 11 is 0. The highest BCUT2D eigenvalue weighted by Crippen LogP contribution is 2.21. The zero-order chi connectivity index (χ0) is 13.9. The molecule has 1 aromatic heterocycles. The van der Waals surface area contributed by atoms with Crippen LogP contribution in [0.4, 0.5) is 0 Å². The van der Waals surface area contributed by atoms with Crippen LogP contribution in [0.2, 0.25) is 0 Å². The van der Waals surface area contributed by atoms with Crippen molar-refractivity contribution in [2.75, 3.05) is 7.11 Å². The van der Waals surface area contributed by atoms with Gasteiger partial charge in [0.05, 0.1) is 12.7 Å². The number of carbonyl (C=O) groups excluding carboxylic acids is 1. The molecule has 100 valence electrons. The van der Waals surface area contributed by atoms with Crippen molar-refractivity contribution < 1.29 is 9.53 Å². The van der Waals surface area contributed by atoms with Crippen LogP contribution in [0.5, 0.6) is 5.75 Å². The molecule has 0 spiro atoms. The van der Waals surface area contributed by atoms with Gasteiger partial charge in [-0.1, -0.05) is 18.2 Å². The van der Waals surface area contributed by atoms with Crippen LogP contribution in [0, 0.1) is 0 Å². The van der Waals surface area contributed by atoms with E-state index < -0.39 is 0 Å². The number of aromatic amines is 1. The molecule has 1 heterocycles. The van der Waals surface area contributed by atoms with Crippen molar-refractivity contribution in [3.05, 3.63) is 65.9 Å². The molecule has 0 saturated carbocycles. The van der Waals surface area contributed by atoms with Crippen molar-refractivity contribution in [1.29, 1.82) is 0 Å². The van der Waals surface area contributed by atoms with Gasteiger partial charge in [-0.25, -0.2) is 0 Å². The van der Waals surface area contributed by atoms with Crippen molar-refractivity contribution in [2.45, 2.75) is 6.42 Å². The minimum Gasteiger partial charge on any atom is -0.496 e. The first kappa shape index (κ1) is 12.5. The number of H-pyrrole nitrogens is 1. The van der Waals surface area contributed by atoms with Gasteiger partial charge in [0.2, 0.25) is 0 Å². The summed E-state index contributed by atoms with van der Waals surface area (Å²) in [5.74, 6) is 0.692. The van der Waals surface area contributed by atoms with E-state index in [9.17, 15) is 4.79 Å². The van der Waals surface area contributed by atoms with Crippen LogP contribution in [-0.4, -0.2) is 17.9 Å². The zero-order valence-electron chi connectivity index (χ0n) is 11.2.